The van der Waals surface area contributed by atoms with Crippen LogP contribution in [-0.4, -0.2) is 40.8 Å². The second kappa shape index (κ2) is 8.02. The lowest BCUT2D eigenvalue weighted by Crippen LogP contribution is -2.34. The number of pyridine rings is 1. The number of morpholine rings is 1. The molecule has 0 N–H and O–H groups in total. The Morgan fingerprint density at radius 2 is 1.90 bits per heavy atom. The van der Waals surface area contributed by atoms with Crippen molar-refractivity contribution in [2.45, 2.75) is 20.3 Å². The molecule has 0 atom stereocenters. The number of fused-ring (bicyclic) bond motifs is 1. The first-order chi connectivity index (χ1) is 13.9. The molecule has 4 nitrogen and oxygen atoms in total. The van der Waals surface area contributed by atoms with Crippen LogP contribution in [0.25, 0.3) is 16.7 Å². The second-order valence-corrected chi connectivity index (χ2v) is 8.41. The highest BCUT2D eigenvalue weighted by Gasteiger charge is 2.20. The molecule has 0 bridgehead atoms. The number of rotatable bonds is 4. The lowest BCUT2D eigenvalue weighted by atomic mass is 10.0. The number of hydrogen-bond donors (Lipinski definition) is 0. The molecule has 0 spiro atoms. The minimum atomic E-state index is 0.632. The zero-order valence-electron chi connectivity index (χ0n) is 17.1. The molecule has 0 radical (unpaired) electrons. The molecule has 29 heavy (non-hydrogen) atoms. The number of aromatic nitrogens is 2. The summed E-state index contributed by atoms with van der Waals surface area (Å²) in [5, 5.41) is 2.49. The Morgan fingerprint density at radius 1 is 1.17 bits per heavy atom. The van der Waals surface area contributed by atoms with Crippen LogP contribution in [-0.2, 0) is 18.2 Å². The molecule has 152 valence electrons. The molecule has 4 rings (SSSR count). The Balaban J connectivity index is 1.72. The first-order valence-electron chi connectivity index (χ1n) is 9.78. The molecule has 0 aliphatic carbocycles. The maximum Gasteiger partial charge on any atom is 0.140 e. The van der Waals surface area contributed by atoms with E-state index in [0.29, 0.717) is 29.7 Å². The van der Waals surface area contributed by atoms with E-state index in [1.807, 2.05) is 26.1 Å². The Bertz CT molecular complexity index is 1100. The third kappa shape index (κ3) is 3.77. The van der Waals surface area contributed by atoms with Gasteiger partial charge in [-0.2, -0.15) is 0 Å². The van der Waals surface area contributed by atoms with Crippen molar-refractivity contribution in [1.29, 1.82) is 0 Å². The van der Waals surface area contributed by atoms with Gasteiger partial charge in [0, 0.05) is 59.6 Å². The van der Waals surface area contributed by atoms with E-state index in [-0.39, 0.29) is 0 Å². The standard InChI is InChI=1S/C23H25Cl2N3O/c1-14-11-15(2)26-23-19(14)12-17(27(23)4)13-20-21(24)6-5-18(22(20)25)16(3)28-7-9-29-10-8-28/h5-6,11-12H,3,7-10,13H2,1-2,4H3. The van der Waals surface area contributed by atoms with Crippen molar-refractivity contribution in [2.24, 2.45) is 7.05 Å². The van der Waals surface area contributed by atoms with Crippen LogP contribution in [0.2, 0.25) is 10.0 Å². The molecule has 2 aromatic heterocycles. The maximum absolute atomic E-state index is 6.86. The third-order valence-corrected chi connectivity index (χ3v) is 6.47. The fourth-order valence-corrected chi connectivity index (χ4v) is 4.61. The average molecular weight is 430 g/mol. The van der Waals surface area contributed by atoms with Crippen molar-refractivity contribution >= 4 is 39.9 Å². The highest BCUT2D eigenvalue weighted by molar-refractivity contribution is 6.37. The van der Waals surface area contributed by atoms with Gasteiger partial charge in [-0.05, 0) is 49.2 Å². The van der Waals surface area contributed by atoms with Crippen LogP contribution in [0.4, 0.5) is 0 Å². The smallest absolute Gasteiger partial charge is 0.140 e. The zero-order chi connectivity index (χ0) is 20.7. The van der Waals surface area contributed by atoms with E-state index in [1.54, 1.807) is 0 Å². The Kier molecular flexibility index (Phi) is 5.60. The lowest BCUT2D eigenvalue weighted by molar-refractivity contribution is 0.0641. The molecule has 0 amide bonds. The predicted octanol–water partition coefficient (Wildman–Crippen LogP) is 5.39. The van der Waals surface area contributed by atoms with Crippen molar-refractivity contribution in [3.05, 3.63) is 69.0 Å². The highest BCUT2D eigenvalue weighted by Crippen LogP contribution is 2.35. The Hall–Kier alpha value is -2.01. The summed E-state index contributed by atoms with van der Waals surface area (Å²) in [6, 6.07) is 8.18. The summed E-state index contributed by atoms with van der Waals surface area (Å²) in [5.74, 6) is 0. The molecule has 1 aromatic carbocycles. The first-order valence-corrected chi connectivity index (χ1v) is 10.5. The monoisotopic (exact) mass is 429 g/mol. The summed E-state index contributed by atoms with van der Waals surface area (Å²) < 4.78 is 7.58. The normalized spacial score (nSPS) is 14.6. The molecule has 3 aromatic rings. The number of nitrogens with zero attached hydrogens (tertiary/aromatic N) is 3. The molecule has 0 unspecified atom stereocenters. The Morgan fingerprint density at radius 3 is 2.62 bits per heavy atom. The van der Waals surface area contributed by atoms with Crippen LogP contribution in [0.15, 0.2) is 30.8 Å². The van der Waals surface area contributed by atoms with E-state index in [1.165, 1.54) is 5.56 Å². The first kappa shape index (κ1) is 20.3. The van der Waals surface area contributed by atoms with Gasteiger partial charge in [-0.15, -0.1) is 0 Å². The van der Waals surface area contributed by atoms with E-state index in [0.717, 1.165) is 52.3 Å². The predicted molar refractivity (Wildman–Crippen MR) is 121 cm³/mol. The van der Waals surface area contributed by atoms with E-state index >= 15 is 0 Å². The third-order valence-electron chi connectivity index (χ3n) is 5.68. The highest BCUT2D eigenvalue weighted by atomic mass is 35.5. The average Bonchev–Trinajstić information content (AvgIpc) is 3.01. The molecule has 3 heterocycles. The summed E-state index contributed by atoms with van der Waals surface area (Å²) in [7, 11) is 2.04. The van der Waals surface area contributed by atoms with Crippen LogP contribution in [0, 0.1) is 13.8 Å². The largest absolute Gasteiger partial charge is 0.378 e. The molecule has 1 saturated heterocycles. The number of aryl methyl sites for hydroxylation is 3. The molecule has 1 aliphatic heterocycles. The number of ether oxygens (including phenoxy) is 1. The minimum Gasteiger partial charge on any atom is -0.378 e. The van der Waals surface area contributed by atoms with E-state index in [2.05, 4.69) is 35.1 Å². The van der Waals surface area contributed by atoms with Crippen molar-refractivity contribution in [2.75, 3.05) is 26.3 Å². The van der Waals surface area contributed by atoms with Crippen molar-refractivity contribution in [3.63, 3.8) is 0 Å². The van der Waals surface area contributed by atoms with E-state index in [4.69, 9.17) is 32.9 Å². The lowest BCUT2D eigenvalue weighted by Gasteiger charge is -2.31. The molecule has 6 heteroatoms. The van der Waals surface area contributed by atoms with Crippen LogP contribution < -0.4 is 0 Å². The number of halogens is 2. The van der Waals surface area contributed by atoms with Gasteiger partial charge in [-0.1, -0.05) is 29.8 Å². The molecule has 1 fully saturated rings. The summed E-state index contributed by atoms with van der Waals surface area (Å²) in [5.41, 5.74) is 7.11. The van der Waals surface area contributed by atoms with Crippen LogP contribution in [0.5, 0.6) is 0 Å². The zero-order valence-corrected chi connectivity index (χ0v) is 18.6. The summed E-state index contributed by atoms with van der Waals surface area (Å²) >= 11 is 13.4. The number of benzene rings is 1. The van der Waals surface area contributed by atoms with Gasteiger partial charge in [0.25, 0.3) is 0 Å². The summed E-state index contributed by atoms with van der Waals surface area (Å²) in [4.78, 5) is 6.93. The minimum absolute atomic E-state index is 0.632. The molecular formula is C23H25Cl2N3O. The molecular weight excluding hydrogens is 405 g/mol. The second-order valence-electron chi connectivity index (χ2n) is 7.62. The number of hydrogen-bond acceptors (Lipinski definition) is 3. The quantitative estimate of drug-likeness (QED) is 0.556. The summed E-state index contributed by atoms with van der Waals surface area (Å²) in [6.45, 7) is 11.5. The van der Waals surface area contributed by atoms with Gasteiger partial charge < -0.3 is 14.2 Å². The SMILES string of the molecule is C=C(c1ccc(Cl)c(Cc2cc3c(C)cc(C)nc3n2C)c1Cl)N1CCOCC1. The van der Waals surface area contributed by atoms with Crippen LogP contribution >= 0.6 is 23.2 Å². The fraction of sp³-hybridized carbons (Fsp3) is 0.348. The fourth-order valence-electron chi connectivity index (χ4n) is 4.00. The van der Waals surface area contributed by atoms with Gasteiger partial charge in [0.2, 0.25) is 0 Å². The van der Waals surface area contributed by atoms with Gasteiger partial charge in [-0.3, -0.25) is 0 Å². The van der Waals surface area contributed by atoms with Gasteiger partial charge in [-0.25, -0.2) is 4.98 Å². The molecule has 0 saturated carbocycles. The van der Waals surface area contributed by atoms with Crippen molar-refractivity contribution < 1.29 is 4.74 Å². The maximum atomic E-state index is 6.86. The van der Waals surface area contributed by atoms with Crippen molar-refractivity contribution in [1.82, 2.24) is 14.5 Å². The van der Waals surface area contributed by atoms with E-state index in [9.17, 15) is 0 Å². The molecule has 1 aliphatic rings. The Labute approximate surface area is 181 Å². The van der Waals surface area contributed by atoms with Gasteiger partial charge in [0.1, 0.15) is 5.65 Å². The van der Waals surface area contributed by atoms with Crippen molar-refractivity contribution in [3.8, 4) is 0 Å². The van der Waals surface area contributed by atoms with Gasteiger partial charge >= 0.3 is 0 Å². The van der Waals surface area contributed by atoms with Crippen LogP contribution in [0.1, 0.15) is 28.1 Å². The topological polar surface area (TPSA) is 30.3 Å². The van der Waals surface area contributed by atoms with Crippen LogP contribution in [0.3, 0.4) is 0 Å². The van der Waals surface area contributed by atoms with E-state index < -0.39 is 0 Å². The van der Waals surface area contributed by atoms with Gasteiger partial charge in [0.05, 0.1) is 18.2 Å². The summed E-state index contributed by atoms with van der Waals surface area (Å²) in [6.07, 6.45) is 0.632. The van der Waals surface area contributed by atoms with Gasteiger partial charge in [0.15, 0.2) is 0 Å².